The third kappa shape index (κ3) is 3.32. The van der Waals surface area contributed by atoms with E-state index in [0.717, 1.165) is 18.7 Å². The fraction of sp³-hybridized carbons (Fsp3) is 0.278. The van der Waals surface area contributed by atoms with E-state index in [-0.39, 0.29) is 18.3 Å². The number of halogens is 1. The molecule has 0 bridgehead atoms. The van der Waals surface area contributed by atoms with Gasteiger partial charge in [-0.05, 0) is 34.9 Å². The highest BCUT2D eigenvalue weighted by molar-refractivity contribution is 5.94. The largest absolute Gasteiger partial charge is 0.486 e. The molecule has 126 valence electrons. The number of amides is 1. The third-order valence-electron chi connectivity index (χ3n) is 4.16. The summed E-state index contributed by atoms with van der Waals surface area (Å²) in [6.07, 6.45) is 0. The van der Waals surface area contributed by atoms with E-state index in [1.807, 2.05) is 0 Å². The lowest BCUT2D eigenvalue weighted by Crippen LogP contribution is -2.23. The van der Waals surface area contributed by atoms with E-state index in [4.69, 9.17) is 9.47 Å². The Hall–Kier alpha value is -2.24. The Kier molecular flexibility index (Phi) is 4.92. The summed E-state index contributed by atoms with van der Waals surface area (Å²) in [4.78, 5) is 12.3. The molecule has 2 aromatic carbocycles. The molecule has 0 fully saturated rings. The summed E-state index contributed by atoms with van der Waals surface area (Å²) in [7, 11) is 0. The first-order valence-corrected chi connectivity index (χ1v) is 7.79. The van der Waals surface area contributed by atoms with Crippen LogP contribution in [0.3, 0.4) is 0 Å². The Labute approximate surface area is 146 Å². The minimum absolute atomic E-state index is 0. The number of ether oxygens (including phenoxy) is 2. The predicted molar refractivity (Wildman–Crippen MR) is 92.8 cm³/mol. The van der Waals surface area contributed by atoms with Crippen LogP contribution in [-0.4, -0.2) is 19.1 Å². The molecule has 2 N–H and O–H groups in total. The molecule has 2 heterocycles. The van der Waals surface area contributed by atoms with Crippen LogP contribution in [-0.2, 0) is 19.6 Å². The van der Waals surface area contributed by atoms with E-state index in [2.05, 4.69) is 28.8 Å². The first-order valence-electron chi connectivity index (χ1n) is 7.79. The highest BCUT2D eigenvalue weighted by Gasteiger charge is 2.15. The molecular formula is C18H19ClN2O3. The fourth-order valence-electron chi connectivity index (χ4n) is 2.93. The van der Waals surface area contributed by atoms with Crippen LogP contribution in [0.5, 0.6) is 11.5 Å². The number of nitrogens with one attached hydrogen (secondary N) is 2. The highest BCUT2D eigenvalue weighted by atomic mass is 35.5. The van der Waals surface area contributed by atoms with Gasteiger partial charge in [0, 0.05) is 25.2 Å². The van der Waals surface area contributed by atoms with Gasteiger partial charge in [-0.1, -0.05) is 18.2 Å². The number of carbonyl (C=O) groups is 1. The van der Waals surface area contributed by atoms with Crippen molar-refractivity contribution in [3.63, 3.8) is 0 Å². The van der Waals surface area contributed by atoms with Gasteiger partial charge in [-0.3, -0.25) is 4.79 Å². The maximum absolute atomic E-state index is 12.3. The second kappa shape index (κ2) is 7.11. The van der Waals surface area contributed by atoms with Gasteiger partial charge in [0.25, 0.3) is 5.91 Å². The molecule has 0 atom stereocenters. The standard InChI is InChI=1S/C18H18N2O3.ClH/c21-18(13-3-4-16-17(8-13)23-6-5-22-16)20-9-12-1-2-14-10-19-11-15(14)7-12;/h1-4,7-8,19H,5-6,9-11H2,(H,20,21);1H. The van der Waals surface area contributed by atoms with Gasteiger partial charge in [0.15, 0.2) is 11.5 Å². The van der Waals surface area contributed by atoms with E-state index < -0.39 is 0 Å². The molecule has 2 aromatic rings. The second-order valence-corrected chi connectivity index (χ2v) is 5.75. The van der Waals surface area contributed by atoms with Crippen molar-refractivity contribution in [2.24, 2.45) is 0 Å². The number of rotatable bonds is 3. The van der Waals surface area contributed by atoms with Crippen LogP contribution in [0.2, 0.25) is 0 Å². The second-order valence-electron chi connectivity index (χ2n) is 5.75. The zero-order valence-corrected chi connectivity index (χ0v) is 13.9. The van der Waals surface area contributed by atoms with Crippen LogP contribution in [0.1, 0.15) is 27.0 Å². The molecule has 1 amide bonds. The topological polar surface area (TPSA) is 59.6 Å². The quantitative estimate of drug-likeness (QED) is 0.896. The molecule has 0 saturated heterocycles. The van der Waals surface area contributed by atoms with Crippen LogP contribution in [0, 0.1) is 0 Å². The Morgan fingerprint density at radius 2 is 1.79 bits per heavy atom. The average molecular weight is 347 g/mol. The number of hydrogen-bond acceptors (Lipinski definition) is 4. The highest BCUT2D eigenvalue weighted by Crippen LogP contribution is 2.30. The predicted octanol–water partition coefficient (Wildman–Crippen LogP) is 2.41. The normalized spacial score (nSPS) is 14.5. The van der Waals surface area contributed by atoms with Crippen LogP contribution < -0.4 is 20.1 Å². The summed E-state index contributed by atoms with van der Waals surface area (Å²) < 4.78 is 11.0. The molecule has 4 rings (SSSR count). The van der Waals surface area contributed by atoms with Gasteiger partial charge in [0.05, 0.1) is 0 Å². The smallest absolute Gasteiger partial charge is 0.251 e. The monoisotopic (exact) mass is 346 g/mol. The number of hydrogen-bond donors (Lipinski definition) is 2. The third-order valence-corrected chi connectivity index (χ3v) is 4.16. The summed E-state index contributed by atoms with van der Waals surface area (Å²) in [6, 6.07) is 11.6. The zero-order valence-electron chi connectivity index (χ0n) is 13.1. The molecule has 0 aliphatic carbocycles. The van der Waals surface area contributed by atoms with Gasteiger partial charge in [0.2, 0.25) is 0 Å². The molecular weight excluding hydrogens is 328 g/mol. The van der Waals surface area contributed by atoms with E-state index >= 15 is 0 Å². The Morgan fingerprint density at radius 3 is 2.67 bits per heavy atom. The molecule has 0 saturated carbocycles. The van der Waals surface area contributed by atoms with E-state index in [1.165, 1.54) is 11.1 Å². The molecule has 6 heteroatoms. The van der Waals surface area contributed by atoms with Crippen LogP contribution in [0.15, 0.2) is 36.4 Å². The van der Waals surface area contributed by atoms with Crippen molar-refractivity contribution in [1.29, 1.82) is 0 Å². The van der Waals surface area contributed by atoms with Crippen LogP contribution in [0.4, 0.5) is 0 Å². The Balaban J connectivity index is 0.00000169. The van der Waals surface area contributed by atoms with E-state index in [1.54, 1.807) is 18.2 Å². The summed E-state index contributed by atoms with van der Waals surface area (Å²) in [6.45, 7) is 3.41. The lowest BCUT2D eigenvalue weighted by molar-refractivity contribution is 0.0949. The molecule has 0 unspecified atom stereocenters. The van der Waals surface area contributed by atoms with Gasteiger partial charge >= 0.3 is 0 Å². The fourth-order valence-corrected chi connectivity index (χ4v) is 2.93. The van der Waals surface area contributed by atoms with Gasteiger partial charge in [-0.2, -0.15) is 0 Å². The molecule has 0 radical (unpaired) electrons. The van der Waals surface area contributed by atoms with Crippen molar-refractivity contribution < 1.29 is 14.3 Å². The minimum Gasteiger partial charge on any atom is -0.486 e. The zero-order chi connectivity index (χ0) is 15.6. The van der Waals surface area contributed by atoms with Gasteiger partial charge < -0.3 is 20.1 Å². The Morgan fingerprint density at radius 1 is 1.00 bits per heavy atom. The number of benzene rings is 2. The molecule has 5 nitrogen and oxygen atoms in total. The van der Waals surface area contributed by atoms with Crippen molar-refractivity contribution in [2.75, 3.05) is 13.2 Å². The van der Waals surface area contributed by atoms with Crippen molar-refractivity contribution in [3.8, 4) is 11.5 Å². The average Bonchev–Trinajstić information content (AvgIpc) is 3.07. The summed E-state index contributed by atoms with van der Waals surface area (Å²) in [5.74, 6) is 1.21. The summed E-state index contributed by atoms with van der Waals surface area (Å²) >= 11 is 0. The van der Waals surface area contributed by atoms with Gasteiger partial charge in [0.1, 0.15) is 13.2 Å². The van der Waals surface area contributed by atoms with Crippen LogP contribution >= 0.6 is 12.4 Å². The van der Waals surface area contributed by atoms with Crippen molar-refractivity contribution >= 4 is 18.3 Å². The van der Waals surface area contributed by atoms with Crippen molar-refractivity contribution in [3.05, 3.63) is 58.7 Å². The van der Waals surface area contributed by atoms with Gasteiger partial charge in [-0.25, -0.2) is 0 Å². The first kappa shape index (κ1) is 16.6. The molecule has 0 spiro atoms. The lowest BCUT2D eigenvalue weighted by Gasteiger charge is -2.18. The maximum atomic E-state index is 12.3. The number of fused-ring (bicyclic) bond motifs is 2. The van der Waals surface area contributed by atoms with Crippen molar-refractivity contribution in [1.82, 2.24) is 10.6 Å². The Bertz CT molecular complexity index is 764. The van der Waals surface area contributed by atoms with E-state index in [9.17, 15) is 4.79 Å². The first-order chi connectivity index (χ1) is 11.3. The van der Waals surface area contributed by atoms with Crippen LogP contribution in [0.25, 0.3) is 0 Å². The number of carbonyl (C=O) groups excluding carboxylic acids is 1. The lowest BCUT2D eigenvalue weighted by atomic mass is 10.1. The summed E-state index contributed by atoms with van der Waals surface area (Å²) in [5.41, 5.74) is 4.35. The van der Waals surface area contributed by atoms with Crippen molar-refractivity contribution in [2.45, 2.75) is 19.6 Å². The minimum atomic E-state index is -0.111. The molecule has 24 heavy (non-hydrogen) atoms. The molecule has 0 aromatic heterocycles. The maximum Gasteiger partial charge on any atom is 0.251 e. The van der Waals surface area contributed by atoms with Gasteiger partial charge in [-0.15, -0.1) is 12.4 Å². The van der Waals surface area contributed by atoms with E-state index in [0.29, 0.717) is 36.8 Å². The SMILES string of the molecule is Cl.O=C(NCc1ccc2c(c1)CNC2)c1ccc2c(c1)OCCO2. The molecule has 2 aliphatic rings. The summed E-state index contributed by atoms with van der Waals surface area (Å²) in [5, 5.41) is 6.28. The molecule has 2 aliphatic heterocycles.